The molecule has 1 aromatic heterocycles. The van der Waals surface area contributed by atoms with Crippen LogP contribution in [-0.4, -0.2) is 0 Å². The van der Waals surface area contributed by atoms with Crippen molar-refractivity contribution in [3.8, 4) is 0 Å². The molecule has 1 unspecified atom stereocenters. The predicted molar refractivity (Wildman–Crippen MR) is 71.3 cm³/mol. The number of hydrogen-bond donors (Lipinski definition) is 1. The van der Waals surface area contributed by atoms with Gasteiger partial charge in [0.05, 0.1) is 6.04 Å². The third-order valence-corrected chi connectivity index (χ3v) is 3.21. The molecular formula is C12H11Br2NO. The number of nitrogens with two attached hydrogens (primary N) is 1. The van der Waals surface area contributed by atoms with Gasteiger partial charge in [0.2, 0.25) is 0 Å². The highest BCUT2D eigenvalue weighted by Gasteiger charge is 2.13. The first-order chi connectivity index (χ1) is 7.56. The summed E-state index contributed by atoms with van der Waals surface area (Å²) in [5.41, 5.74) is 8.34. The van der Waals surface area contributed by atoms with Crippen LogP contribution in [0, 0.1) is 6.92 Å². The standard InChI is InChI=1S/C12H11Br2NO/c1-7-4-8(6-9(13)5-7)12(15)10-2-3-11(14)16-10/h2-6,12H,15H2,1H3. The molecule has 84 valence electrons. The highest BCUT2D eigenvalue weighted by molar-refractivity contribution is 9.10. The molecule has 2 rings (SSSR count). The highest BCUT2D eigenvalue weighted by Crippen LogP contribution is 2.26. The highest BCUT2D eigenvalue weighted by atomic mass is 79.9. The minimum Gasteiger partial charge on any atom is -0.452 e. The average Bonchev–Trinajstić information content (AvgIpc) is 2.62. The van der Waals surface area contributed by atoms with E-state index in [-0.39, 0.29) is 6.04 Å². The van der Waals surface area contributed by atoms with Crippen LogP contribution in [0.5, 0.6) is 0 Å². The first kappa shape index (κ1) is 11.9. The van der Waals surface area contributed by atoms with Gasteiger partial charge in [-0.3, -0.25) is 0 Å². The first-order valence-electron chi connectivity index (χ1n) is 4.84. The molecule has 0 saturated heterocycles. The van der Waals surface area contributed by atoms with E-state index in [0.717, 1.165) is 15.8 Å². The Kier molecular flexibility index (Phi) is 3.52. The number of benzene rings is 1. The molecule has 0 fully saturated rings. The van der Waals surface area contributed by atoms with Crippen LogP contribution in [0.3, 0.4) is 0 Å². The van der Waals surface area contributed by atoms with Crippen LogP contribution in [0.4, 0.5) is 0 Å². The molecule has 0 aliphatic rings. The Bertz CT molecular complexity index is 487. The molecule has 0 bridgehead atoms. The van der Waals surface area contributed by atoms with E-state index in [2.05, 4.69) is 37.9 Å². The molecule has 4 heteroatoms. The van der Waals surface area contributed by atoms with E-state index in [0.29, 0.717) is 4.67 Å². The summed E-state index contributed by atoms with van der Waals surface area (Å²) in [6.45, 7) is 2.04. The zero-order valence-corrected chi connectivity index (χ0v) is 11.9. The van der Waals surface area contributed by atoms with Crippen molar-refractivity contribution >= 4 is 31.9 Å². The minimum absolute atomic E-state index is 0.234. The van der Waals surface area contributed by atoms with Crippen LogP contribution in [0.25, 0.3) is 0 Å². The maximum atomic E-state index is 6.13. The van der Waals surface area contributed by atoms with Crippen molar-refractivity contribution in [2.24, 2.45) is 5.73 Å². The smallest absolute Gasteiger partial charge is 0.169 e. The number of furan rings is 1. The quantitative estimate of drug-likeness (QED) is 0.888. The lowest BCUT2D eigenvalue weighted by Crippen LogP contribution is -2.11. The van der Waals surface area contributed by atoms with Gasteiger partial charge in [-0.25, -0.2) is 0 Å². The zero-order chi connectivity index (χ0) is 11.7. The SMILES string of the molecule is Cc1cc(Br)cc(C(N)c2ccc(Br)o2)c1. The number of halogens is 2. The molecule has 0 spiro atoms. The van der Waals surface area contributed by atoms with Crippen molar-refractivity contribution in [3.05, 3.63) is 56.4 Å². The average molecular weight is 345 g/mol. The molecule has 0 saturated carbocycles. The Hall–Kier alpha value is -0.580. The van der Waals surface area contributed by atoms with Gasteiger partial charge in [0, 0.05) is 4.47 Å². The Balaban J connectivity index is 2.37. The summed E-state index contributed by atoms with van der Waals surface area (Å²) in [6, 6.07) is 9.61. The normalized spacial score (nSPS) is 12.8. The monoisotopic (exact) mass is 343 g/mol. The summed E-state index contributed by atoms with van der Waals surface area (Å²) < 4.78 is 7.19. The van der Waals surface area contributed by atoms with Crippen LogP contribution < -0.4 is 5.73 Å². The number of aryl methyl sites for hydroxylation is 1. The number of hydrogen-bond acceptors (Lipinski definition) is 2. The zero-order valence-electron chi connectivity index (χ0n) is 8.71. The molecule has 2 nitrogen and oxygen atoms in total. The van der Waals surface area contributed by atoms with E-state index in [1.54, 1.807) is 0 Å². The van der Waals surface area contributed by atoms with Gasteiger partial charge in [-0.05, 0) is 58.2 Å². The van der Waals surface area contributed by atoms with Gasteiger partial charge in [-0.15, -0.1) is 0 Å². The first-order valence-corrected chi connectivity index (χ1v) is 6.43. The summed E-state index contributed by atoms with van der Waals surface area (Å²) in [5.74, 6) is 0.754. The Morgan fingerprint density at radius 2 is 1.94 bits per heavy atom. The lowest BCUT2D eigenvalue weighted by molar-refractivity contribution is 0.470. The molecule has 1 atom stereocenters. The fraction of sp³-hybridized carbons (Fsp3) is 0.167. The summed E-state index contributed by atoms with van der Waals surface area (Å²) in [7, 11) is 0. The molecule has 2 N–H and O–H groups in total. The third-order valence-electron chi connectivity index (χ3n) is 2.32. The van der Waals surface area contributed by atoms with Gasteiger partial charge in [0.15, 0.2) is 4.67 Å². The molecule has 1 heterocycles. The lowest BCUT2D eigenvalue weighted by Gasteiger charge is -2.10. The van der Waals surface area contributed by atoms with Crippen molar-refractivity contribution in [3.63, 3.8) is 0 Å². The maximum Gasteiger partial charge on any atom is 0.169 e. The maximum absolute atomic E-state index is 6.13. The van der Waals surface area contributed by atoms with E-state index >= 15 is 0 Å². The minimum atomic E-state index is -0.234. The van der Waals surface area contributed by atoms with Crippen LogP contribution in [-0.2, 0) is 0 Å². The second-order valence-corrected chi connectivity index (χ2v) is 5.38. The van der Waals surface area contributed by atoms with Gasteiger partial charge in [-0.1, -0.05) is 22.0 Å². The second-order valence-electron chi connectivity index (χ2n) is 3.68. The molecule has 0 amide bonds. The lowest BCUT2D eigenvalue weighted by atomic mass is 10.0. The molecule has 2 aromatic rings. The largest absolute Gasteiger partial charge is 0.452 e. The van der Waals surface area contributed by atoms with E-state index in [1.807, 2.05) is 31.2 Å². The molecule has 0 aliphatic carbocycles. The summed E-state index contributed by atoms with van der Waals surface area (Å²) in [4.78, 5) is 0. The Labute approximate surface area is 111 Å². The van der Waals surface area contributed by atoms with Gasteiger partial charge < -0.3 is 10.2 Å². The predicted octanol–water partition coefficient (Wildman–Crippen LogP) is 4.16. The topological polar surface area (TPSA) is 39.2 Å². The van der Waals surface area contributed by atoms with Crippen molar-refractivity contribution < 1.29 is 4.42 Å². The summed E-state index contributed by atoms with van der Waals surface area (Å²) in [6.07, 6.45) is 0. The van der Waals surface area contributed by atoms with Gasteiger partial charge in [0.25, 0.3) is 0 Å². The second kappa shape index (κ2) is 4.73. The van der Waals surface area contributed by atoms with Crippen molar-refractivity contribution in [2.75, 3.05) is 0 Å². The van der Waals surface area contributed by atoms with E-state index in [4.69, 9.17) is 10.2 Å². The third kappa shape index (κ3) is 2.56. The van der Waals surface area contributed by atoms with Crippen molar-refractivity contribution in [1.29, 1.82) is 0 Å². The van der Waals surface area contributed by atoms with Crippen LogP contribution in [0.2, 0.25) is 0 Å². The fourth-order valence-corrected chi connectivity index (χ4v) is 2.55. The molecule has 1 aromatic carbocycles. The molecule has 16 heavy (non-hydrogen) atoms. The molecule has 0 radical (unpaired) electrons. The molecule has 0 aliphatic heterocycles. The van der Waals surface area contributed by atoms with Crippen molar-refractivity contribution in [1.82, 2.24) is 0 Å². The van der Waals surface area contributed by atoms with E-state index < -0.39 is 0 Å². The van der Waals surface area contributed by atoms with Crippen molar-refractivity contribution in [2.45, 2.75) is 13.0 Å². The van der Waals surface area contributed by atoms with Crippen LogP contribution in [0.1, 0.15) is 22.9 Å². The van der Waals surface area contributed by atoms with Gasteiger partial charge in [-0.2, -0.15) is 0 Å². The Morgan fingerprint density at radius 1 is 1.19 bits per heavy atom. The Morgan fingerprint density at radius 3 is 2.50 bits per heavy atom. The molecular weight excluding hydrogens is 334 g/mol. The van der Waals surface area contributed by atoms with Crippen LogP contribution >= 0.6 is 31.9 Å². The van der Waals surface area contributed by atoms with E-state index in [1.165, 1.54) is 5.56 Å². The van der Waals surface area contributed by atoms with Gasteiger partial charge >= 0.3 is 0 Å². The van der Waals surface area contributed by atoms with E-state index in [9.17, 15) is 0 Å². The summed E-state index contributed by atoms with van der Waals surface area (Å²) in [5, 5.41) is 0. The summed E-state index contributed by atoms with van der Waals surface area (Å²) >= 11 is 6.73. The number of rotatable bonds is 2. The van der Waals surface area contributed by atoms with Gasteiger partial charge in [0.1, 0.15) is 5.76 Å². The fourth-order valence-electron chi connectivity index (χ4n) is 1.60. The van der Waals surface area contributed by atoms with Crippen LogP contribution in [0.15, 0.2) is 43.9 Å².